The van der Waals surface area contributed by atoms with Gasteiger partial charge in [0.1, 0.15) is 0 Å². The number of sulfonamides is 1. The minimum atomic E-state index is -3.54. The van der Waals surface area contributed by atoms with Crippen molar-refractivity contribution in [2.24, 2.45) is 5.92 Å². The molecule has 1 aromatic carbocycles. The van der Waals surface area contributed by atoms with Gasteiger partial charge in [-0.15, -0.1) is 0 Å². The van der Waals surface area contributed by atoms with E-state index in [1.807, 2.05) is 27.7 Å². The standard InChI is InChI=1S/C14H23NO3S/c1-5-13-7-6-12(9-16)8-14(13)19(17,18)15-11(4)10(2)3/h6-8,10-11,15-16H,5,9H2,1-4H3. The number of hydrogen-bond donors (Lipinski definition) is 2. The van der Waals surface area contributed by atoms with E-state index < -0.39 is 10.0 Å². The lowest BCUT2D eigenvalue weighted by Gasteiger charge is -2.19. The largest absolute Gasteiger partial charge is 0.392 e. The highest BCUT2D eigenvalue weighted by molar-refractivity contribution is 7.89. The van der Waals surface area contributed by atoms with E-state index in [0.717, 1.165) is 5.56 Å². The molecule has 1 rings (SSSR count). The van der Waals surface area contributed by atoms with Crippen molar-refractivity contribution in [3.63, 3.8) is 0 Å². The first-order chi connectivity index (χ1) is 8.81. The number of rotatable bonds is 6. The Morgan fingerprint density at radius 3 is 2.37 bits per heavy atom. The predicted molar refractivity (Wildman–Crippen MR) is 76.4 cm³/mol. The minimum Gasteiger partial charge on any atom is -0.392 e. The van der Waals surface area contributed by atoms with Crippen LogP contribution in [-0.4, -0.2) is 19.6 Å². The first kappa shape index (κ1) is 16.1. The zero-order chi connectivity index (χ0) is 14.6. The maximum absolute atomic E-state index is 12.4. The van der Waals surface area contributed by atoms with E-state index in [-0.39, 0.29) is 23.5 Å². The molecular weight excluding hydrogens is 262 g/mol. The van der Waals surface area contributed by atoms with Gasteiger partial charge in [-0.05, 0) is 36.5 Å². The van der Waals surface area contributed by atoms with Gasteiger partial charge in [0.15, 0.2) is 0 Å². The molecule has 5 heteroatoms. The molecule has 108 valence electrons. The maximum Gasteiger partial charge on any atom is 0.241 e. The average Bonchev–Trinajstić information content (AvgIpc) is 2.37. The molecule has 0 saturated carbocycles. The fourth-order valence-electron chi connectivity index (χ4n) is 1.68. The highest BCUT2D eigenvalue weighted by Gasteiger charge is 2.22. The number of nitrogens with one attached hydrogen (secondary N) is 1. The first-order valence-electron chi connectivity index (χ1n) is 6.56. The van der Waals surface area contributed by atoms with Crippen molar-refractivity contribution in [1.82, 2.24) is 4.72 Å². The Hall–Kier alpha value is -0.910. The SMILES string of the molecule is CCc1ccc(CO)cc1S(=O)(=O)NC(C)C(C)C. The molecule has 0 aliphatic carbocycles. The quantitative estimate of drug-likeness (QED) is 0.841. The second kappa shape index (κ2) is 6.50. The Morgan fingerprint density at radius 2 is 1.89 bits per heavy atom. The lowest BCUT2D eigenvalue weighted by molar-refractivity contribution is 0.281. The molecular formula is C14H23NO3S. The van der Waals surface area contributed by atoms with Gasteiger partial charge >= 0.3 is 0 Å². The summed E-state index contributed by atoms with van der Waals surface area (Å²) in [7, 11) is -3.54. The molecule has 0 fully saturated rings. The van der Waals surface area contributed by atoms with Crippen LogP contribution in [0.15, 0.2) is 23.1 Å². The first-order valence-corrected chi connectivity index (χ1v) is 8.05. The van der Waals surface area contributed by atoms with Crippen LogP contribution in [-0.2, 0) is 23.1 Å². The minimum absolute atomic E-state index is 0.132. The molecule has 4 nitrogen and oxygen atoms in total. The fourth-order valence-corrected chi connectivity index (χ4v) is 3.44. The van der Waals surface area contributed by atoms with E-state index >= 15 is 0 Å². The van der Waals surface area contributed by atoms with Crippen molar-refractivity contribution in [2.45, 2.75) is 51.7 Å². The molecule has 1 aromatic rings. The van der Waals surface area contributed by atoms with Crippen molar-refractivity contribution < 1.29 is 13.5 Å². The Labute approximate surface area is 115 Å². The van der Waals surface area contributed by atoms with Gasteiger partial charge in [-0.25, -0.2) is 13.1 Å². The normalized spacial score (nSPS) is 13.8. The van der Waals surface area contributed by atoms with E-state index in [2.05, 4.69) is 4.72 Å². The van der Waals surface area contributed by atoms with E-state index in [0.29, 0.717) is 12.0 Å². The van der Waals surface area contributed by atoms with Gasteiger partial charge in [-0.3, -0.25) is 0 Å². The van der Waals surface area contributed by atoms with E-state index in [1.54, 1.807) is 18.2 Å². The van der Waals surface area contributed by atoms with Gasteiger partial charge in [-0.1, -0.05) is 32.9 Å². The average molecular weight is 285 g/mol. The Balaban J connectivity index is 3.19. The van der Waals surface area contributed by atoms with Gasteiger partial charge in [0, 0.05) is 6.04 Å². The Bertz CT molecular complexity index is 523. The molecule has 1 atom stereocenters. The van der Waals surface area contributed by atoms with Crippen molar-refractivity contribution in [2.75, 3.05) is 0 Å². The molecule has 0 spiro atoms. The third kappa shape index (κ3) is 4.03. The van der Waals surface area contributed by atoms with Crippen LogP contribution in [0.4, 0.5) is 0 Å². The van der Waals surface area contributed by atoms with Crippen LogP contribution in [0.1, 0.15) is 38.8 Å². The van der Waals surface area contributed by atoms with Crippen LogP contribution in [0, 0.1) is 5.92 Å². The molecule has 2 N–H and O–H groups in total. The molecule has 0 aromatic heterocycles. The number of aliphatic hydroxyl groups excluding tert-OH is 1. The summed E-state index contributed by atoms with van der Waals surface area (Å²) in [5.74, 6) is 0.223. The molecule has 0 aliphatic rings. The molecule has 0 bridgehead atoms. The Morgan fingerprint density at radius 1 is 1.26 bits per heavy atom. The van der Waals surface area contributed by atoms with Crippen molar-refractivity contribution in [3.05, 3.63) is 29.3 Å². The fraction of sp³-hybridized carbons (Fsp3) is 0.571. The lowest BCUT2D eigenvalue weighted by Crippen LogP contribution is -2.36. The van der Waals surface area contributed by atoms with Gasteiger partial charge in [0.05, 0.1) is 11.5 Å². The molecule has 0 radical (unpaired) electrons. The molecule has 0 heterocycles. The van der Waals surface area contributed by atoms with Crippen LogP contribution in [0.25, 0.3) is 0 Å². The van der Waals surface area contributed by atoms with Crippen LogP contribution in [0.2, 0.25) is 0 Å². The van der Waals surface area contributed by atoms with Crippen LogP contribution < -0.4 is 4.72 Å². The third-order valence-electron chi connectivity index (χ3n) is 3.33. The van der Waals surface area contributed by atoms with Crippen molar-refractivity contribution >= 4 is 10.0 Å². The summed E-state index contributed by atoms with van der Waals surface area (Å²) >= 11 is 0. The third-order valence-corrected chi connectivity index (χ3v) is 4.97. The topological polar surface area (TPSA) is 66.4 Å². The summed E-state index contributed by atoms with van der Waals surface area (Å²) in [6.07, 6.45) is 0.637. The van der Waals surface area contributed by atoms with E-state index in [9.17, 15) is 8.42 Å². The summed E-state index contributed by atoms with van der Waals surface area (Å²) in [6.45, 7) is 7.55. The van der Waals surface area contributed by atoms with Gasteiger partial charge < -0.3 is 5.11 Å². The number of aryl methyl sites for hydroxylation is 1. The molecule has 0 saturated heterocycles. The summed E-state index contributed by atoms with van der Waals surface area (Å²) in [6, 6.07) is 4.94. The lowest BCUT2D eigenvalue weighted by atomic mass is 10.1. The van der Waals surface area contributed by atoms with Crippen LogP contribution in [0.5, 0.6) is 0 Å². The second-order valence-electron chi connectivity index (χ2n) is 5.11. The molecule has 1 unspecified atom stereocenters. The zero-order valence-electron chi connectivity index (χ0n) is 12.0. The molecule has 0 amide bonds. The monoisotopic (exact) mass is 285 g/mol. The van der Waals surface area contributed by atoms with Crippen molar-refractivity contribution in [3.8, 4) is 0 Å². The second-order valence-corrected chi connectivity index (χ2v) is 6.79. The number of hydrogen-bond acceptors (Lipinski definition) is 3. The van der Waals surface area contributed by atoms with Gasteiger partial charge in [0.2, 0.25) is 10.0 Å². The summed E-state index contributed by atoms with van der Waals surface area (Å²) in [5.41, 5.74) is 1.37. The van der Waals surface area contributed by atoms with Crippen molar-refractivity contribution in [1.29, 1.82) is 0 Å². The summed E-state index contributed by atoms with van der Waals surface area (Å²) < 4.78 is 27.5. The highest BCUT2D eigenvalue weighted by Crippen LogP contribution is 2.19. The number of aliphatic hydroxyl groups is 1. The zero-order valence-corrected chi connectivity index (χ0v) is 12.8. The van der Waals surface area contributed by atoms with Gasteiger partial charge in [-0.2, -0.15) is 0 Å². The maximum atomic E-state index is 12.4. The van der Waals surface area contributed by atoms with E-state index in [4.69, 9.17) is 5.11 Å². The predicted octanol–water partition coefficient (Wildman–Crippen LogP) is 2.06. The molecule has 0 aliphatic heterocycles. The Kier molecular flexibility index (Phi) is 5.52. The van der Waals surface area contributed by atoms with Crippen LogP contribution in [0.3, 0.4) is 0 Å². The van der Waals surface area contributed by atoms with Gasteiger partial charge in [0.25, 0.3) is 0 Å². The van der Waals surface area contributed by atoms with E-state index in [1.165, 1.54) is 0 Å². The molecule has 19 heavy (non-hydrogen) atoms. The van der Waals surface area contributed by atoms with Crippen LogP contribution >= 0.6 is 0 Å². The summed E-state index contributed by atoms with van der Waals surface area (Å²) in [4.78, 5) is 0.272. The highest BCUT2D eigenvalue weighted by atomic mass is 32.2. The smallest absolute Gasteiger partial charge is 0.241 e. The number of benzene rings is 1. The summed E-state index contributed by atoms with van der Waals surface area (Å²) in [5, 5.41) is 9.15.